The van der Waals surface area contributed by atoms with Gasteiger partial charge in [-0.1, -0.05) is 28.1 Å². The van der Waals surface area contributed by atoms with Gasteiger partial charge in [-0.25, -0.2) is 4.98 Å². The Labute approximate surface area is 122 Å². The summed E-state index contributed by atoms with van der Waals surface area (Å²) >= 11 is 6.67. The Bertz CT molecular complexity index is 555. The lowest BCUT2D eigenvalue weighted by molar-refractivity contribution is 0.0945. The van der Waals surface area contributed by atoms with Crippen LogP contribution in [-0.4, -0.2) is 10.9 Å². The number of rotatable bonds is 3. The minimum absolute atomic E-state index is 0.189. The topological polar surface area (TPSA) is 42.0 Å². The molecule has 92 valence electrons. The third-order valence-corrected chi connectivity index (χ3v) is 3.51. The molecule has 0 radical (unpaired) electrons. The molecule has 18 heavy (non-hydrogen) atoms. The first-order valence-electron chi connectivity index (χ1n) is 5.30. The van der Waals surface area contributed by atoms with Crippen molar-refractivity contribution in [1.29, 1.82) is 0 Å². The van der Waals surface area contributed by atoms with Crippen LogP contribution in [0, 0.1) is 0 Å². The fraction of sp³-hybridized carbons (Fsp3) is 0.0769. The summed E-state index contributed by atoms with van der Waals surface area (Å²) in [5, 5.41) is 2.83. The zero-order valence-corrected chi connectivity index (χ0v) is 12.5. The van der Waals surface area contributed by atoms with Crippen molar-refractivity contribution in [3.8, 4) is 0 Å². The second-order valence-corrected chi connectivity index (χ2v) is 5.41. The molecule has 1 aromatic heterocycles. The minimum atomic E-state index is -0.189. The van der Waals surface area contributed by atoms with Gasteiger partial charge in [-0.15, -0.1) is 0 Å². The van der Waals surface area contributed by atoms with Gasteiger partial charge in [0.25, 0.3) is 5.91 Å². The van der Waals surface area contributed by atoms with E-state index < -0.39 is 0 Å². The van der Waals surface area contributed by atoms with Gasteiger partial charge in [0, 0.05) is 21.7 Å². The number of aromatic nitrogens is 1. The molecule has 0 saturated carbocycles. The molecule has 0 atom stereocenters. The van der Waals surface area contributed by atoms with Crippen molar-refractivity contribution in [2.75, 3.05) is 0 Å². The highest BCUT2D eigenvalue weighted by atomic mass is 79.9. The zero-order chi connectivity index (χ0) is 13.0. The molecule has 0 aliphatic carbocycles. The van der Waals surface area contributed by atoms with Crippen molar-refractivity contribution in [1.82, 2.24) is 10.3 Å². The smallest absolute Gasteiger partial charge is 0.271 e. The van der Waals surface area contributed by atoms with Crippen LogP contribution >= 0.6 is 31.9 Å². The van der Waals surface area contributed by atoms with Gasteiger partial charge in [-0.05, 0) is 45.8 Å². The van der Waals surface area contributed by atoms with E-state index in [1.165, 1.54) is 0 Å². The summed E-state index contributed by atoms with van der Waals surface area (Å²) in [7, 11) is 0. The van der Waals surface area contributed by atoms with Gasteiger partial charge in [-0.3, -0.25) is 4.79 Å². The van der Waals surface area contributed by atoms with E-state index in [9.17, 15) is 4.79 Å². The quantitative estimate of drug-likeness (QED) is 0.899. The summed E-state index contributed by atoms with van der Waals surface area (Å²) in [5.41, 5.74) is 1.44. The number of carbonyl (C=O) groups excluding carboxylic acids is 1. The van der Waals surface area contributed by atoms with Crippen molar-refractivity contribution in [2.45, 2.75) is 6.54 Å². The molecule has 3 nitrogen and oxygen atoms in total. The molecule has 1 amide bonds. The number of pyridine rings is 1. The molecular formula is C13H10Br2N2O. The number of hydrogen-bond donors (Lipinski definition) is 1. The molecule has 0 aliphatic rings. The minimum Gasteiger partial charge on any atom is -0.347 e. The molecule has 1 heterocycles. The second-order valence-electron chi connectivity index (χ2n) is 3.64. The fourth-order valence-electron chi connectivity index (χ4n) is 1.42. The third-order valence-electron chi connectivity index (χ3n) is 2.34. The van der Waals surface area contributed by atoms with Crippen LogP contribution < -0.4 is 5.32 Å². The van der Waals surface area contributed by atoms with E-state index in [4.69, 9.17) is 0 Å². The number of nitrogens with one attached hydrogen (secondary N) is 1. The summed E-state index contributed by atoms with van der Waals surface area (Å²) in [6, 6.07) is 11.4. The highest BCUT2D eigenvalue weighted by molar-refractivity contribution is 9.10. The number of amides is 1. The summed E-state index contributed by atoms with van der Waals surface area (Å²) in [6.45, 7) is 0.481. The van der Waals surface area contributed by atoms with E-state index >= 15 is 0 Å². The van der Waals surface area contributed by atoms with E-state index in [2.05, 4.69) is 42.2 Å². The summed E-state index contributed by atoms with van der Waals surface area (Å²) in [5.74, 6) is -0.189. The van der Waals surface area contributed by atoms with Crippen molar-refractivity contribution in [3.05, 3.63) is 62.8 Å². The molecule has 0 spiro atoms. The number of halogens is 2. The monoisotopic (exact) mass is 368 g/mol. The molecule has 0 unspecified atom stereocenters. The lowest BCUT2D eigenvalue weighted by atomic mass is 10.2. The standard InChI is InChI=1S/C13H10Br2N2O/c14-10-5-3-9(4-6-10)8-17-13(18)12-11(15)2-1-7-16-12/h1-7H,8H2,(H,17,18). The van der Waals surface area contributed by atoms with Crippen LogP contribution in [0.5, 0.6) is 0 Å². The molecule has 2 rings (SSSR count). The molecule has 0 saturated heterocycles. The Morgan fingerprint density at radius 2 is 1.89 bits per heavy atom. The summed E-state index contributed by atoms with van der Waals surface area (Å²) in [6.07, 6.45) is 1.60. The predicted octanol–water partition coefficient (Wildman–Crippen LogP) is 3.54. The first kappa shape index (κ1) is 13.2. The highest BCUT2D eigenvalue weighted by Gasteiger charge is 2.10. The van der Waals surface area contributed by atoms with Gasteiger partial charge in [0.2, 0.25) is 0 Å². The second kappa shape index (κ2) is 6.11. The molecule has 1 N–H and O–H groups in total. The normalized spacial score (nSPS) is 10.1. The van der Waals surface area contributed by atoms with Gasteiger partial charge in [0.15, 0.2) is 0 Å². The number of hydrogen-bond acceptors (Lipinski definition) is 2. The van der Waals surface area contributed by atoms with Gasteiger partial charge in [0.1, 0.15) is 5.69 Å². The van der Waals surface area contributed by atoms with Gasteiger partial charge < -0.3 is 5.32 Å². The maximum atomic E-state index is 11.9. The Balaban J connectivity index is 2.01. The molecule has 5 heteroatoms. The van der Waals surface area contributed by atoms with Crippen LogP contribution in [0.25, 0.3) is 0 Å². The lowest BCUT2D eigenvalue weighted by Crippen LogP contribution is -2.24. The van der Waals surface area contributed by atoms with Crippen LogP contribution in [0.1, 0.15) is 16.1 Å². The van der Waals surface area contributed by atoms with Crippen molar-refractivity contribution < 1.29 is 4.79 Å². The van der Waals surface area contributed by atoms with E-state index in [1.807, 2.05) is 24.3 Å². The van der Waals surface area contributed by atoms with Crippen LogP contribution in [0.2, 0.25) is 0 Å². The van der Waals surface area contributed by atoms with Crippen LogP contribution in [0.4, 0.5) is 0 Å². The van der Waals surface area contributed by atoms with E-state index in [1.54, 1.807) is 18.3 Å². The number of benzene rings is 1. The molecular weight excluding hydrogens is 360 g/mol. The van der Waals surface area contributed by atoms with E-state index in [0.717, 1.165) is 10.0 Å². The maximum absolute atomic E-state index is 11.9. The van der Waals surface area contributed by atoms with Crippen LogP contribution in [0.15, 0.2) is 51.5 Å². The maximum Gasteiger partial charge on any atom is 0.271 e. The summed E-state index contributed by atoms with van der Waals surface area (Å²) in [4.78, 5) is 15.9. The Morgan fingerprint density at radius 3 is 2.56 bits per heavy atom. The zero-order valence-electron chi connectivity index (χ0n) is 9.36. The van der Waals surface area contributed by atoms with Gasteiger partial charge in [-0.2, -0.15) is 0 Å². The van der Waals surface area contributed by atoms with Crippen LogP contribution in [-0.2, 0) is 6.54 Å². The first-order valence-corrected chi connectivity index (χ1v) is 6.88. The predicted molar refractivity (Wildman–Crippen MR) is 77.2 cm³/mol. The van der Waals surface area contributed by atoms with E-state index in [-0.39, 0.29) is 5.91 Å². The Morgan fingerprint density at radius 1 is 1.17 bits per heavy atom. The molecule has 2 aromatic rings. The molecule has 0 bridgehead atoms. The summed E-state index contributed by atoms with van der Waals surface area (Å²) < 4.78 is 1.71. The Hall–Kier alpha value is -1.20. The average Bonchev–Trinajstić information content (AvgIpc) is 2.38. The number of nitrogens with zero attached hydrogens (tertiary/aromatic N) is 1. The number of carbonyl (C=O) groups is 1. The van der Waals surface area contributed by atoms with E-state index in [0.29, 0.717) is 16.7 Å². The third kappa shape index (κ3) is 3.40. The molecule has 0 fully saturated rings. The van der Waals surface area contributed by atoms with Crippen LogP contribution in [0.3, 0.4) is 0 Å². The molecule has 0 aliphatic heterocycles. The fourth-order valence-corrected chi connectivity index (χ4v) is 2.12. The largest absolute Gasteiger partial charge is 0.347 e. The van der Waals surface area contributed by atoms with Crippen molar-refractivity contribution >= 4 is 37.8 Å². The van der Waals surface area contributed by atoms with Crippen molar-refractivity contribution in [2.24, 2.45) is 0 Å². The average molecular weight is 370 g/mol. The Kier molecular flexibility index (Phi) is 4.49. The molecule has 1 aromatic carbocycles. The van der Waals surface area contributed by atoms with Gasteiger partial charge in [0.05, 0.1) is 0 Å². The SMILES string of the molecule is O=C(NCc1ccc(Br)cc1)c1ncccc1Br. The van der Waals surface area contributed by atoms with Crippen molar-refractivity contribution in [3.63, 3.8) is 0 Å². The lowest BCUT2D eigenvalue weighted by Gasteiger charge is -2.06. The van der Waals surface area contributed by atoms with Gasteiger partial charge >= 0.3 is 0 Å². The highest BCUT2D eigenvalue weighted by Crippen LogP contribution is 2.13. The first-order chi connectivity index (χ1) is 8.66.